The van der Waals surface area contributed by atoms with Crippen molar-refractivity contribution in [2.24, 2.45) is 5.73 Å². The van der Waals surface area contributed by atoms with Gasteiger partial charge in [0.1, 0.15) is 11.6 Å². The summed E-state index contributed by atoms with van der Waals surface area (Å²) in [5, 5.41) is 0. The summed E-state index contributed by atoms with van der Waals surface area (Å²) in [7, 11) is 0. The average molecular weight is 276 g/mol. The van der Waals surface area contributed by atoms with Crippen LogP contribution in [0.25, 0.3) is 0 Å². The van der Waals surface area contributed by atoms with Crippen molar-refractivity contribution in [3.63, 3.8) is 0 Å². The Bertz CT molecular complexity index is 520. The monoisotopic (exact) mass is 276 g/mol. The molecule has 4 heteroatoms. The van der Waals surface area contributed by atoms with E-state index in [0.717, 1.165) is 0 Å². The second-order valence-corrected chi connectivity index (χ2v) is 4.51. The number of likely N-dealkylation sites (N-methyl/N-ethyl adjacent to an activating group) is 1. The lowest BCUT2D eigenvalue weighted by molar-refractivity contribution is 0.550. The predicted octanol–water partition coefficient (Wildman–Crippen LogP) is 3.49. The van der Waals surface area contributed by atoms with Gasteiger partial charge in [-0.05, 0) is 25.1 Å². The Morgan fingerprint density at radius 1 is 1.00 bits per heavy atom. The third-order valence-electron chi connectivity index (χ3n) is 3.37. The van der Waals surface area contributed by atoms with E-state index >= 15 is 0 Å². The Labute approximate surface area is 117 Å². The van der Waals surface area contributed by atoms with Gasteiger partial charge in [-0.1, -0.05) is 30.3 Å². The Morgan fingerprint density at radius 2 is 1.60 bits per heavy atom. The highest BCUT2D eigenvalue weighted by atomic mass is 19.1. The van der Waals surface area contributed by atoms with Gasteiger partial charge >= 0.3 is 0 Å². The van der Waals surface area contributed by atoms with Crippen LogP contribution in [0.5, 0.6) is 0 Å². The molecule has 2 aromatic carbocycles. The topological polar surface area (TPSA) is 29.3 Å². The van der Waals surface area contributed by atoms with E-state index in [1.807, 2.05) is 6.92 Å². The van der Waals surface area contributed by atoms with Gasteiger partial charge in [0.05, 0.1) is 11.7 Å². The van der Waals surface area contributed by atoms with Crippen molar-refractivity contribution >= 4 is 5.69 Å². The van der Waals surface area contributed by atoms with E-state index in [1.54, 1.807) is 41.3 Å². The molecule has 0 radical (unpaired) electrons. The minimum Gasteiger partial charge on any atom is -0.361 e. The van der Waals surface area contributed by atoms with Crippen LogP contribution < -0.4 is 10.6 Å². The zero-order chi connectivity index (χ0) is 14.5. The molecule has 2 nitrogen and oxygen atoms in total. The molecule has 0 aromatic heterocycles. The fourth-order valence-electron chi connectivity index (χ4n) is 2.41. The van der Waals surface area contributed by atoms with Crippen LogP contribution in [0.1, 0.15) is 18.5 Å². The number of para-hydroxylation sites is 1. The Hall–Kier alpha value is -1.94. The van der Waals surface area contributed by atoms with Gasteiger partial charge in [-0.3, -0.25) is 0 Å². The van der Waals surface area contributed by atoms with E-state index in [4.69, 9.17) is 5.73 Å². The van der Waals surface area contributed by atoms with Crippen LogP contribution in [0.3, 0.4) is 0 Å². The predicted molar refractivity (Wildman–Crippen MR) is 77.6 cm³/mol. The summed E-state index contributed by atoms with van der Waals surface area (Å²) in [5.74, 6) is -0.651. The first-order valence-corrected chi connectivity index (χ1v) is 6.64. The molecule has 0 aliphatic carbocycles. The van der Waals surface area contributed by atoms with Gasteiger partial charge in [0, 0.05) is 18.7 Å². The van der Waals surface area contributed by atoms with Gasteiger partial charge in [0.25, 0.3) is 0 Å². The van der Waals surface area contributed by atoms with Crippen molar-refractivity contribution in [2.45, 2.75) is 13.0 Å². The second-order valence-electron chi connectivity index (χ2n) is 4.51. The number of nitrogens with zero attached hydrogens (tertiary/aromatic N) is 1. The summed E-state index contributed by atoms with van der Waals surface area (Å²) >= 11 is 0. The SMILES string of the molecule is CCN(c1ccccc1F)C(CN)c1ccccc1F. The van der Waals surface area contributed by atoms with Crippen LogP contribution in [0.15, 0.2) is 48.5 Å². The minimum atomic E-state index is -0.391. The molecule has 1 unspecified atom stereocenters. The molecule has 1 atom stereocenters. The first-order chi connectivity index (χ1) is 9.69. The van der Waals surface area contributed by atoms with Crippen molar-refractivity contribution in [1.29, 1.82) is 0 Å². The molecule has 106 valence electrons. The summed E-state index contributed by atoms with van der Waals surface area (Å²) in [4.78, 5) is 1.79. The maximum atomic E-state index is 14.0. The van der Waals surface area contributed by atoms with Gasteiger partial charge in [0.2, 0.25) is 0 Å². The van der Waals surface area contributed by atoms with Crippen LogP contribution in [0, 0.1) is 11.6 Å². The molecule has 0 aliphatic heterocycles. The van der Waals surface area contributed by atoms with Gasteiger partial charge in [-0.15, -0.1) is 0 Å². The van der Waals surface area contributed by atoms with Crippen LogP contribution in [-0.2, 0) is 0 Å². The van der Waals surface area contributed by atoms with Crippen LogP contribution in [0.2, 0.25) is 0 Å². The van der Waals surface area contributed by atoms with E-state index in [1.165, 1.54) is 12.1 Å². The normalized spacial score (nSPS) is 12.2. The third kappa shape index (κ3) is 2.80. The van der Waals surface area contributed by atoms with Crippen LogP contribution in [0.4, 0.5) is 14.5 Å². The van der Waals surface area contributed by atoms with Crippen molar-refractivity contribution in [3.05, 3.63) is 65.7 Å². The van der Waals surface area contributed by atoms with Gasteiger partial charge in [0.15, 0.2) is 0 Å². The number of halogens is 2. The number of rotatable bonds is 5. The third-order valence-corrected chi connectivity index (χ3v) is 3.37. The summed E-state index contributed by atoms with van der Waals surface area (Å²) in [6.45, 7) is 2.65. The number of nitrogens with two attached hydrogens (primary N) is 1. The van der Waals surface area contributed by atoms with E-state index in [0.29, 0.717) is 17.8 Å². The summed E-state index contributed by atoms with van der Waals surface area (Å²) < 4.78 is 27.9. The van der Waals surface area contributed by atoms with E-state index < -0.39 is 6.04 Å². The maximum Gasteiger partial charge on any atom is 0.146 e. The zero-order valence-electron chi connectivity index (χ0n) is 11.4. The second kappa shape index (κ2) is 6.48. The van der Waals surface area contributed by atoms with E-state index in [-0.39, 0.29) is 18.2 Å². The molecule has 2 aromatic rings. The largest absolute Gasteiger partial charge is 0.361 e. The smallest absolute Gasteiger partial charge is 0.146 e. The van der Waals surface area contributed by atoms with Crippen LogP contribution in [-0.4, -0.2) is 13.1 Å². The standard InChI is InChI=1S/C16H18F2N2/c1-2-20(15-10-6-5-9-14(15)18)16(11-19)12-7-3-4-8-13(12)17/h3-10,16H,2,11,19H2,1H3. The molecule has 0 saturated heterocycles. The molecule has 20 heavy (non-hydrogen) atoms. The minimum absolute atomic E-state index is 0.211. The van der Waals surface area contributed by atoms with Crippen molar-refractivity contribution in [2.75, 3.05) is 18.0 Å². The van der Waals surface area contributed by atoms with Gasteiger partial charge < -0.3 is 10.6 Å². The summed E-state index contributed by atoms with van der Waals surface area (Å²) in [6.07, 6.45) is 0. The fraction of sp³-hybridized carbons (Fsp3) is 0.250. The fourth-order valence-corrected chi connectivity index (χ4v) is 2.41. The van der Waals surface area contributed by atoms with Crippen LogP contribution >= 0.6 is 0 Å². The molecule has 0 spiro atoms. The van der Waals surface area contributed by atoms with E-state index in [2.05, 4.69) is 0 Å². The quantitative estimate of drug-likeness (QED) is 0.905. The molecule has 2 rings (SSSR count). The first kappa shape index (κ1) is 14.5. The zero-order valence-corrected chi connectivity index (χ0v) is 11.4. The van der Waals surface area contributed by atoms with Crippen molar-refractivity contribution in [3.8, 4) is 0 Å². The average Bonchev–Trinajstić information content (AvgIpc) is 2.47. The molecule has 0 aliphatic rings. The van der Waals surface area contributed by atoms with Gasteiger partial charge in [-0.2, -0.15) is 0 Å². The highest BCUT2D eigenvalue weighted by Gasteiger charge is 2.22. The van der Waals surface area contributed by atoms with Crippen molar-refractivity contribution < 1.29 is 8.78 Å². The molecular formula is C16H18F2N2. The summed E-state index contributed by atoms with van der Waals surface area (Å²) in [5.41, 5.74) is 6.73. The Balaban J connectivity index is 2.44. The first-order valence-electron chi connectivity index (χ1n) is 6.64. The highest BCUT2D eigenvalue weighted by molar-refractivity contribution is 5.50. The number of anilines is 1. The Kier molecular flexibility index (Phi) is 4.69. The maximum absolute atomic E-state index is 14.0. The highest BCUT2D eigenvalue weighted by Crippen LogP contribution is 2.29. The Morgan fingerprint density at radius 3 is 2.15 bits per heavy atom. The van der Waals surface area contributed by atoms with Gasteiger partial charge in [-0.25, -0.2) is 8.78 Å². The molecular weight excluding hydrogens is 258 g/mol. The number of benzene rings is 2. The lowest BCUT2D eigenvalue weighted by atomic mass is 10.0. The lowest BCUT2D eigenvalue weighted by Gasteiger charge is -2.32. The summed E-state index contributed by atoms with van der Waals surface area (Å²) in [6, 6.07) is 12.6. The van der Waals surface area contributed by atoms with Crippen molar-refractivity contribution in [1.82, 2.24) is 0 Å². The number of hydrogen-bond donors (Lipinski definition) is 1. The molecule has 0 bridgehead atoms. The van der Waals surface area contributed by atoms with E-state index in [9.17, 15) is 8.78 Å². The number of hydrogen-bond acceptors (Lipinski definition) is 2. The molecule has 0 fully saturated rings. The molecule has 0 saturated carbocycles. The molecule has 0 heterocycles. The molecule has 2 N–H and O–H groups in total. The molecule has 0 amide bonds. The lowest BCUT2D eigenvalue weighted by Crippen LogP contribution is -2.34.